The lowest BCUT2D eigenvalue weighted by Gasteiger charge is -2.38. The average molecular weight is 376 g/mol. The molecule has 0 aromatic heterocycles. The molecule has 2 aliphatic heterocycles. The number of carbonyl (C=O) groups is 2. The molecule has 2 aliphatic rings. The summed E-state index contributed by atoms with van der Waals surface area (Å²) in [6.45, 7) is 2.41. The molecule has 1 N–H and O–H groups in total. The van der Waals surface area contributed by atoms with Gasteiger partial charge in [0.2, 0.25) is 5.91 Å². The van der Waals surface area contributed by atoms with Crippen LogP contribution in [0.25, 0.3) is 0 Å². The normalized spacial score (nSPS) is 20.5. The van der Waals surface area contributed by atoms with Crippen molar-refractivity contribution in [1.29, 1.82) is 0 Å². The Bertz CT molecular complexity index is 628. The third-order valence-electron chi connectivity index (χ3n) is 5.04. The van der Waals surface area contributed by atoms with Gasteiger partial charge in [-0.3, -0.25) is 9.59 Å². The van der Waals surface area contributed by atoms with Crippen LogP contribution in [0.3, 0.4) is 0 Å². The molecule has 2 fully saturated rings. The number of hydrogen-bond acceptors (Lipinski definition) is 5. The van der Waals surface area contributed by atoms with E-state index < -0.39 is 0 Å². The molecule has 1 atom stereocenters. The van der Waals surface area contributed by atoms with Crippen molar-refractivity contribution in [3.05, 3.63) is 29.8 Å². The van der Waals surface area contributed by atoms with Crippen LogP contribution in [-0.2, 0) is 14.3 Å². The summed E-state index contributed by atoms with van der Waals surface area (Å²) in [5.74, 6) is 0.676. The van der Waals surface area contributed by atoms with Gasteiger partial charge in [-0.2, -0.15) is 0 Å². The van der Waals surface area contributed by atoms with E-state index in [1.165, 1.54) is 0 Å². The van der Waals surface area contributed by atoms with E-state index in [1.807, 2.05) is 4.90 Å². The Morgan fingerprint density at radius 3 is 2.63 bits per heavy atom. The molecule has 0 bridgehead atoms. The number of nitrogens with one attached hydrogen (secondary N) is 1. The van der Waals surface area contributed by atoms with Crippen LogP contribution in [-0.4, -0.2) is 62.5 Å². The predicted octanol–water partition coefficient (Wildman–Crippen LogP) is 1.96. The predicted molar refractivity (Wildman–Crippen MR) is 99.6 cm³/mol. The molecular weight excluding hydrogens is 348 g/mol. The number of methoxy groups -OCH3 is 1. The van der Waals surface area contributed by atoms with Gasteiger partial charge in [0, 0.05) is 25.1 Å². The first-order chi connectivity index (χ1) is 13.2. The van der Waals surface area contributed by atoms with Crippen molar-refractivity contribution >= 4 is 11.8 Å². The minimum Gasteiger partial charge on any atom is -0.497 e. The largest absolute Gasteiger partial charge is 0.497 e. The van der Waals surface area contributed by atoms with Gasteiger partial charge in [-0.25, -0.2) is 0 Å². The number of ether oxygens (including phenoxy) is 3. The van der Waals surface area contributed by atoms with E-state index >= 15 is 0 Å². The Kier molecular flexibility index (Phi) is 7.06. The first-order valence-corrected chi connectivity index (χ1v) is 9.64. The zero-order chi connectivity index (χ0) is 19.1. The van der Waals surface area contributed by atoms with Crippen molar-refractivity contribution in [3.8, 4) is 5.75 Å². The molecule has 0 aliphatic carbocycles. The Morgan fingerprint density at radius 1 is 1.19 bits per heavy atom. The minimum atomic E-state index is -0.288. The van der Waals surface area contributed by atoms with Gasteiger partial charge in [0.25, 0.3) is 5.91 Å². The van der Waals surface area contributed by atoms with Gasteiger partial charge in [-0.15, -0.1) is 0 Å². The van der Waals surface area contributed by atoms with Crippen LogP contribution >= 0.6 is 0 Å². The fraction of sp³-hybridized carbons (Fsp3) is 0.600. The minimum absolute atomic E-state index is 0.0163. The maximum absolute atomic E-state index is 12.6. The lowest BCUT2D eigenvalue weighted by Crippen LogP contribution is -2.50. The van der Waals surface area contributed by atoms with Gasteiger partial charge in [-0.1, -0.05) is 0 Å². The van der Waals surface area contributed by atoms with E-state index in [0.717, 1.165) is 25.8 Å². The molecule has 7 heteroatoms. The van der Waals surface area contributed by atoms with E-state index in [1.54, 1.807) is 31.4 Å². The van der Waals surface area contributed by atoms with E-state index in [-0.39, 0.29) is 24.1 Å². The number of benzene rings is 1. The third kappa shape index (κ3) is 5.20. The highest BCUT2D eigenvalue weighted by atomic mass is 16.7. The topological polar surface area (TPSA) is 77.1 Å². The summed E-state index contributed by atoms with van der Waals surface area (Å²) >= 11 is 0. The molecule has 27 heavy (non-hydrogen) atoms. The molecule has 1 aromatic rings. The quantitative estimate of drug-likeness (QED) is 0.736. The van der Waals surface area contributed by atoms with Crippen molar-refractivity contribution in [3.63, 3.8) is 0 Å². The Balaban J connectivity index is 1.42. The van der Waals surface area contributed by atoms with Gasteiger partial charge < -0.3 is 24.4 Å². The number of rotatable bonds is 7. The highest BCUT2D eigenvalue weighted by molar-refractivity contribution is 5.94. The maximum atomic E-state index is 12.6. The van der Waals surface area contributed by atoms with Gasteiger partial charge >= 0.3 is 0 Å². The number of carbonyl (C=O) groups excluding carboxylic acids is 2. The molecule has 7 nitrogen and oxygen atoms in total. The van der Waals surface area contributed by atoms with Crippen molar-refractivity contribution < 1.29 is 23.8 Å². The van der Waals surface area contributed by atoms with Crippen molar-refractivity contribution in [1.82, 2.24) is 10.2 Å². The molecule has 0 radical (unpaired) electrons. The van der Waals surface area contributed by atoms with E-state index in [4.69, 9.17) is 14.2 Å². The van der Waals surface area contributed by atoms with Crippen LogP contribution in [0, 0.1) is 0 Å². The van der Waals surface area contributed by atoms with Crippen LogP contribution in [0.2, 0.25) is 0 Å². The smallest absolute Gasteiger partial charge is 0.251 e. The standard InChI is InChI=1S/C20H28N2O5/c1-25-16-9-7-15(8-10-16)19(24)21-11-4-6-18(23)22-12-3-2-5-17(22)20-26-13-14-27-20/h7-10,17,20H,2-6,11-14H2,1H3,(H,21,24). The fourth-order valence-corrected chi connectivity index (χ4v) is 3.58. The molecule has 2 amide bonds. The first-order valence-electron chi connectivity index (χ1n) is 9.64. The monoisotopic (exact) mass is 376 g/mol. The summed E-state index contributed by atoms with van der Waals surface area (Å²) in [6.07, 6.45) is 3.76. The molecule has 1 unspecified atom stereocenters. The zero-order valence-electron chi connectivity index (χ0n) is 15.8. The second kappa shape index (κ2) is 9.71. The van der Waals surface area contributed by atoms with Gasteiger partial charge in [0.1, 0.15) is 5.75 Å². The van der Waals surface area contributed by atoms with E-state index in [2.05, 4.69) is 5.32 Å². The Labute approximate surface area is 160 Å². The Hall–Kier alpha value is -2.12. The number of piperidine rings is 1. The molecule has 148 valence electrons. The van der Waals surface area contributed by atoms with Crippen LogP contribution in [0.5, 0.6) is 5.75 Å². The van der Waals surface area contributed by atoms with Crippen molar-refractivity contribution in [2.24, 2.45) is 0 Å². The van der Waals surface area contributed by atoms with E-state index in [0.29, 0.717) is 43.9 Å². The number of nitrogens with zero attached hydrogens (tertiary/aromatic N) is 1. The van der Waals surface area contributed by atoms with Gasteiger partial charge in [0.05, 0.1) is 26.4 Å². The lowest BCUT2D eigenvalue weighted by atomic mass is 10.0. The van der Waals surface area contributed by atoms with Crippen molar-refractivity contribution in [2.75, 3.05) is 33.4 Å². The second-order valence-electron chi connectivity index (χ2n) is 6.85. The number of amides is 2. The summed E-state index contributed by atoms with van der Waals surface area (Å²) in [7, 11) is 1.59. The highest BCUT2D eigenvalue weighted by Crippen LogP contribution is 2.25. The zero-order valence-corrected chi connectivity index (χ0v) is 15.8. The van der Waals surface area contributed by atoms with Crippen LogP contribution < -0.4 is 10.1 Å². The van der Waals surface area contributed by atoms with Crippen LogP contribution in [0.15, 0.2) is 24.3 Å². The summed E-state index contributed by atoms with van der Waals surface area (Å²) in [5, 5.41) is 2.86. The maximum Gasteiger partial charge on any atom is 0.251 e. The molecule has 0 spiro atoms. The summed E-state index contributed by atoms with van der Waals surface area (Å²) in [6, 6.07) is 6.96. The van der Waals surface area contributed by atoms with Crippen molar-refractivity contribution in [2.45, 2.75) is 44.4 Å². The molecule has 3 rings (SSSR count). The molecule has 2 heterocycles. The summed E-state index contributed by atoms with van der Waals surface area (Å²) < 4.78 is 16.3. The number of hydrogen-bond donors (Lipinski definition) is 1. The van der Waals surface area contributed by atoms with Gasteiger partial charge in [0.15, 0.2) is 6.29 Å². The molecular formula is C20H28N2O5. The average Bonchev–Trinajstić information content (AvgIpc) is 3.25. The second-order valence-corrected chi connectivity index (χ2v) is 6.85. The number of likely N-dealkylation sites (tertiary alicyclic amines) is 1. The molecule has 0 saturated carbocycles. The highest BCUT2D eigenvalue weighted by Gasteiger charge is 2.35. The lowest BCUT2D eigenvalue weighted by molar-refractivity contribution is -0.150. The summed E-state index contributed by atoms with van der Waals surface area (Å²) in [5.41, 5.74) is 0.578. The third-order valence-corrected chi connectivity index (χ3v) is 5.04. The van der Waals surface area contributed by atoms with Crippen LogP contribution in [0.4, 0.5) is 0 Å². The fourth-order valence-electron chi connectivity index (χ4n) is 3.58. The van der Waals surface area contributed by atoms with Crippen LogP contribution in [0.1, 0.15) is 42.5 Å². The molecule has 2 saturated heterocycles. The van der Waals surface area contributed by atoms with Gasteiger partial charge in [-0.05, 0) is 49.9 Å². The Morgan fingerprint density at radius 2 is 1.93 bits per heavy atom. The van der Waals surface area contributed by atoms with E-state index in [9.17, 15) is 9.59 Å². The SMILES string of the molecule is COc1ccc(C(=O)NCCCC(=O)N2CCCCC2C2OCCO2)cc1. The summed E-state index contributed by atoms with van der Waals surface area (Å²) in [4.78, 5) is 26.7. The molecule has 1 aromatic carbocycles. The first kappa shape index (κ1) is 19.6.